The molecular formula is C17H16BrFO2. The van der Waals surface area contributed by atoms with Gasteiger partial charge in [-0.05, 0) is 41.8 Å². The van der Waals surface area contributed by atoms with E-state index < -0.39 is 0 Å². The lowest BCUT2D eigenvalue weighted by atomic mass is 10.0. The lowest BCUT2D eigenvalue weighted by molar-refractivity contribution is 0.297. The highest BCUT2D eigenvalue weighted by Gasteiger charge is 2.16. The first-order valence-electron chi connectivity index (χ1n) is 6.95. The van der Waals surface area contributed by atoms with E-state index in [-0.39, 0.29) is 10.6 Å². The maximum atomic E-state index is 13.7. The Morgan fingerprint density at radius 2 is 1.67 bits per heavy atom. The zero-order valence-corrected chi connectivity index (χ0v) is 13.3. The fourth-order valence-electron chi connectivity index (χ4n) is 2.30. The van der Waals surface area contributed by atoms with Crippen LogP contribution in [0, 0.1) is 12.7 Å². The van der Waals surface area contributed by atoms with Crippen LogP contribution in [0.25, 0.3) is 0 Å². The minimum atomic E-state index is -0.189. The Bertz CT molecular complexity index is 657. The number of hydrogen-bond acceptors (Lipinski definition) is 2. The first kappa shape index (κ1) is 14.4. The van der Waals surface area contributed by atoms with Crippen molar-refractivity contribution >= 4 is 15.9 Å². The number of benzene rings is 2. The van der Waals surface area contributed by atoms with Gasteiger partial charge in [-0.2, -0.15) is 0 Å². The molecule has 0 aliphatic carbocycles. The highest BCUT2D eigenvalue weighted by Crippen LogP contribution is 2.37. The molecule has 0 N–H and O–H groups in total. The summed E-state index contributed by atoms with van der Waals surface area (Å²) in [5.74, 6) is 1.33. The zero-order chi connectivity index (χ0) is 14.8. The smallest absolute Gasteiger partial charge is 0.161 e. The van der Waals surface area contributed by atoms with Crippen LogP contribution in [-0.4, -0.2) is 13.2 Å². The summed E-state index contributed by atoms with van der Waals surface area (Å²) >= 11 is 3.64. The predicted octanol–water partition coefficient (Wildman–Crippen LogP) is 4.78. The summed E-state index contributed by atoms with van der Waals surface area (Å²) in [6.45, 7) is 3.09. The molecule has 2 aromatic carbocycles. The lowest BCUT2D eigenvalue weighted by Crippen LogP contribution is -1.98. The van der Waals surface area contributed by atoms with E-state index in [1.165, 1.54) is 0 Å². The SMILES string of the molecule is Cc1ccc(C(Br)c2ccc3c(c2)OCCCO3)cc1F. The summed E-state index contributed by atoms with van der Waals surface area (Å²) in [4.78, 5) is -0.0789. The van der Waals surface area contributed by atoms with Crippen LogP contribution in [0.3, 0.4) is 0 Å². The molecule has 2 aromatic rings. The highest BCUT2D eigenvalue weighted by atomic mass is 79.9. The Labute approximate surface area is 132 Å². The van der Waals surface area contributed by atoms with Gasteiger partial charge in [-0.3, -0.25) is 0 Å². The number of ether oxygens (including phenoxy) is 2. The van der Waals surface area contributed by atoms with Crippen LogP contribution >= 0.6 is 15.9 Å². The molecular weight excluding hydrogens is 335 g/mol. The standard InChI is InChI=1S/C17H16BrFO2/c1-11-3-4-12(9-14(11)19)17(18)13-5-6-15-16(10-13)21-8-2-7-20-15/h3-6,9-10,17H,2,7-8H2,1H3. The maximum absolute atomic E-state index is 13.7. The van der Waals surface area contributed by atoms with Crippen molar-refractivity contribution in [1.29, 1.82) is 0 Å². The summed E-state index contributed by atoms with van der Waals surface area (Å²) in [6.07, 6.45) is 0.880. The Hall–Kier alpha value is -1.55. The number of fused-ring (bicyclic) bond motifs is 1. The fraction of sp³-hybridized carbons (Fsp3) is 0.294. The van der Waals surface area contributed by atoms with Crippen molar-refractivity contribution in [1.82, 2.24) is 0 Å². The van der Waals surface area contributed by atoms with E-state index in [2.05, 4.69) is 15.9 Å². The molecule has 3 rings (SSSR count). The molecule has 0 radical (unpaired) electrons. The minimum Gasteiger partial charge on any atom is -0.490 e. The Morgan fingerprint density at radius 3 is 2.43 bits per heavy atom. The largest absolute Gasteiger partial charge is 0.490 e. The number of rotatable bonds is 2. The van der Waals surface area contributed by atoms with Crippen LogP contribution < -0.4 is 9.47 Å². The van der Waals surface area contributed by atoms with Crippen LogP contribution in [0.2, 0.25) is 0 Å². The number of halogens is 2. The molecule has 2 nitrogen and oxygen atoms in total. The monoisotopic (exact) mass is 350 g/mol. The summed E-state index contributed by atoms with van der Waals surface area (Å²) in [6, 6.07) is 11.1. The van der Waals surface area contributed by atoms with E-state index in [4.69, 9.17) is 9.47 Å². The molecule has 1 aliphatic rings. The molecule has 0 bridgehead atoms. The van der Waals surface area contributed by atoms with Gasteiger partial charge in [0.1, 0.15) is 5.82 Å². The summed E-state index contributed by atoms with van der Waals surface area (Å²) < 4.78 is 25.0. The lowest BCUT2D eigenvalue weighted by Gasteiger charge is -2.14. The van der Waals surface area contributed by atoms with E-state index in [1.54, 1.807) is 19.1 Å². The van der Waals surface area contributed by atoms with E-state index in [0.717, 1.165) is 29.0 Å². The Balaban J connectivity index is 1.92. The molecule has 1 atom stereocenters. The van der Waals surface area contributed by atoms with E-state index in [9.17, 15) is 4.39 Å². The fourth-order valence-corrected chi connectivity index (χ4v) is 2.87. The molecule has 1 aliphatic heterocycles. The number of aryl methyl sites for hydroxylation is 1. The van der Waals surface area contributed by atoms with Gasteiger partial charge in [0.05, 0.1) is 18.0 Å². The van der Waals surface area contributed by atoms with Crippen molar-refractivity contribution in [3.8, 4) is 11.5 Å². The van der Waals surface area contributed by atoms with Crippen molar-refractivity contribution in [2.24, 2.45) is 0 Å². The highest BCUT2D eigenvalue weighted by molar-refractivity contribution is 9.09. The van der Waals surface area contributed by atoms with Gasteiger partial charge in [-0.1, -0.05) is 34.1 Å². The molecule has 1 heterocycles. The van der Waals surface area contributed by atoms with Crippen LogP contribution in [0.1, 0.15) is 27.9 Å². The van der Waals surface area contributed by atoms with Gasteiger partial charge >= 0.3 is 0 Å². The second kappa shape index (κ2) is 6.06. The summed E-state index contributed by atoms with van der Waals surface area (Å²) in [5, 5.41) is 0. The predicted molar refractivity (Wildman–Crippen MR) is 84.0 cm³/mol. The van der Waals surface area contributed by atoms with Gasteiger partial charge in [0.2, 0.25) is 0 Å². The molecule has 0 fully saturated rings. The van der Waals surface area contributed by atoms with Gasteiger partial charge in [-0.25, -0.2) is 4.39 Å². The van der Waals surface area contributed by atoms with Gasteiger partial charge in [0.25, 0.3) is 0 Å². The van der Waals surface area contributed by atoms with Crippen molar-refractivity contribution < 1.29 is 13.9 Å². The maximum Gasteiger partial charge on any atom is 0.161 e. The first-order valence-corrected chi connectivity index (χ1v) is 7.86. The van der Waals surface area contributed by atoms with E-state index >= 15 is 0 Å². The van der Waals surface area contributed by atoms with Crippen molar-refractivity contribution in [3.05, 3.63) is 58.9 Å². The van der Waals surface area contributed by atoms with Crippen LogP contribution in [-0.2, 0) is 0 Å². The summed E-state index contributed by atoms with van der Waals surface area (Å²) in [5.41, 5.74) is 2.55. The van der Waals surface area contributed by atoms with Gasteiger partial charge in [0.15, 0.2) is 11.5 Å². The van der Waals surface area contributed by atoms with Crippen LogP contribution in [0.15, 0.2) is 36.4 Å². The van der Waals surface area contributed by atoms with Gasteiger partial charge in [0, 0.05) is 6.42 Å². The molecule has 4 heteroatoms. The van der Waals surface area contributed by atoms with Crippen LogP contribution in [0.5, 0.6) is 11.5 Å². The molecule has 0 aromatic heterocycles. The van der Waals surface area contributed by atoms with E-state index in [0.29, 0.717) is 18.8 Å². The Kier molecular flexibility index (Phi) is 4.15. The third-order valence-corrected chi connectivity index (χ3v) is 4.61. The molecule has 0 saturated heterocycles. The van der Waals surface area contributed by atoms with Gasteiger partial charge < -0.3 is 9.47 Å². The minimum absolute atomic E-state index is 0.0789. The molecule has 0 amide bonds. The normalized spacial score (nSPS) is 15.4. The quantitative estimate of drug-likeness (QED) is 0.725. The molecule has 0 saturated carbocycles. The van der Waals surface area contributed by atoms with E-state index in [1.807, 2.05) is 24.3 Å². The zero-order valence-electron chi connectivity index (χ0n) is 11.7. The first-order chi connectivity index (χ1) is 10.1. The second-order valence-electron chi connectivity index (χ2n) is 5.13. The average molecular weight is 351 g/mol. The number of alkyl halides is 1. The topological polar surface area (TPSA) is 18.5 Å². The molecule has 110 valence electrons. The molecule has 0 spiro atoms. The molecule has 21 heavy (non-hydrogen) atoms. The van der Waals surface area contributed by atoms with Crippen LogP contribution in [0.4, 0.5) is 4.39 Å². The summed E-state index contributed by atoms with van der Waals surface area (Å²) in [7, 11) is 0. The van der Waals surface area contributed by atoms with Gasteiger partial charge in [-0.15, -0.1) is 0 Å². The molecule has 1 unspecified atom stereocenters. The Morgan fingerprint density at radius 1 is 1.00 bits per heavy atom. The van der Waals surface area contributed by atoms with Crippen molar-refractivity contribution in [2.45, 2.75) is 18.2 Å². The number of hydrogen-bond donors (Lipinski definition) is 0. The average Bonchev–Trinajstić information content (AvgIpc) is 2.73. The third-order valence-electron chi connectivity index (χ3n) is 3.55. The van der Waals surface area contributed by atoms with Crippen molar-refractivity contribution in [3.63, 3.8) is 0 Å². The second-order valence-corrected chi connectivity index (χ2v) is 6.04. The van der Waals surface area contributed by atoms with Crippen molar-refractivity contribution in [2.75, 3.05) is 13.2 Å². The third kappa shape index (κ3) is 3.05.